The third-order valence-corrected chi connectivity index (χ3v) is 3.71. The van der Waals surface area contributed by atoms with Gasteiger partial charge in [0.2, 0.25) is 5.91 Å². The van der Waals surface area contributed by atoms with E-state index in [1.807, 2.05) is 31.2 Å². The number of carbonyl (C=O) groups excluding carboxylic acids is 2. The Morgan fingerprint density at radius 1 is 1.23 bits per heavy atom. The van der Waals surface area contributed by atoms with Crippen LogP contribution in [0.2, 0.25) is 0 Å². The first-order valence-corrected chi connectivity index (χ1v) is 7.21. The molecule has 1 aliphatic heterocycles. The number of imide groups is 1. The van der Waals surface area contributed by atoms with Crippen LogP contribution in [-0.2, 0) is 16.1 Å². The zero-order valence-electron chi connectivity index (χ0n) is 12.3. The number of anilines is 1. The van der Waals surface area contributed by atoms with Crippen molar-refractivity contribution in [2.45, 2.75) is 25.9 Å². The summed E-state index contributed by atoms with van der Waals surface area (Å²) in [5, 5.41) is 3.14. The number of aryl methyl sites for hydroxylation is 1. The van der Waals surface area contributed by atoms with Crippen LogP contribution in [0.3, 0.4) is 0 Å². The summed E-state index contributed by atoms with van der Waals surface area (Å²) in [5.41, 5.74) is 2.71. The highest BCUT2D eigenvalue weighted by Crippen LogP contribution is 2.23. The Morgan fingerprint density at radius 2 is 2.00 bits per heavy atom. The van der Waals surface area contributed by atoms with Crippen molar-refractivity contribution in [2.24, 2.45) is 0 Å². The molecule has 1 aliphatic rings. The number of nitrogens with one attached hydrogen (secondary N) is 1. The molecule has 1 aromatic carbocycles. The van der Waals surface area contributed by atoms with Crippen LogP contribution >= 0.6 is 0 Å². The third kappa shape index (κ3) is 2.89. The van der Waals surface area contributed by atoms with E-state index in [1.165, 1.54) is 4.90 Å². The second-order valence-electron chi connectivity index (χ2n) is 5.40. The Labute approximate surface area is 129 Å². The molecule has 2 amide bonds. The number of hydrogen-bond acceptors (Lipinski definition) is 4. The predicted octanol–water partition coefficient (Wildman–Crippen LogP) is 1.81. The second kappa shape index (κ2) is 6.07. The summed E-state index contributed by atoms with van der Waals surface area (Å²) in [6.07, 6.45) is 3.63. The normalized spacial score (nSPS) is 18.0. The molecule has 0 radical (unpaired) electrons. The molecule has 1 saturated heterocycles. The Morgan fingerprint density at radius 3 is 2.68 bits per heavy atom. The Kier molecular flexibility index (Phi) is 3.98. The fourth-order valence-electron chi connectivity index (χ4n) is 2.50. The number of hydrogen-bond donors (Lipinski definition) is 1. The molecule has 0 unspecified atom stereocenters. The van der Waals surface area contributed by atoms with Gasteiger partial charge in [0, 0.05) is 18.9 Å². The quantitative estimate of drug-likeness (QED) is 0.874. The van der Waals surface area contributed by atoms with Crippen LogP contribution in [0.4, 0.5) is 5.69 Å². The number of amides is 2. The molecule has 5 nitrogen and oxygen atoms in total. The van der Waals surface area contributed by atoms with Crippen LogP contribution in [0.25, 0.3) is 0 Å². The minimum atomic E-state index is -0.478. The maximum absolute atomic E-state index is 12.4. The molecule has 1 atom stereocenters. The fourth-order valence-corrected chi connectivity index (χ4v) is 2.50. The lowest BCUT2D eigenvalue weighted by Gasteiger charge is -2.15. The summed E-state index contributed by atoms with van der Waals surface area (Å²) in [6, 6.07) is 10.7. The van der Waals surface area contributed by atoms with Gasteiger partial charge in [0.15, 0.2) is 0 Å². The van der Waals surface area contributed by atoms with E-state index in [0.29, 0.717) is 12.2 Å². The first kappa shape index (κ1) is 14.4. The molecule has 1 fully saturated rings. The van der Waals surface area contributed by atoms with Crippen molar-refractivity contribution in [1.29, 1.82) is 0 Å². The molecule has 3 rings (SSSR count). The molecule has 0 aliphatic carbocycles. The molecule has 1 aromatic heterocycles. The first-order chi connectivity index (χ1) is 10.6. The van der Waals surface area contributed by atoms with E-state index in [-0.39, 0.29) is 18.2 Å². The van der Waals surface area contributed by atoms with E-state index in [1.54, 1.807) is 24.5 Å². The van der Waals surface area contributed by atoms with Gasteiger partial charge in [-0.3, -0.25) is 14.6 Å². The number of carbonyl (C=O) groups is 2. The van der Waals surface area contributed by atoms with Crippen LogP contribution in [0, 0.1) is 6.92 Å². The topological polar surface area (TPSA) is 62.3 Å². The van der Waals surface area contributed by atoms with Crippen LogP contribution < -0.4 is 10.2 Å². The number of rotatable bonds is 4. The van der Waals surface area contributed by atoms with Crippen LogP contribution in [-0.4, -0.2) is 22.8 Å². The average Bonchev–Trinajstić information content (AvgIpc) is 2.82. The number of aromatic nitrogens is 1. The lowest BCUT2D eigenvalue weighted by atomic mass is 10.2. The molecular formula is C17H17N3O2. The molecule has 22 heavy (non-hydrogen) atoms. The minimum Gasteiger partial charge on any atom is -0.301 e. The van der Waals surface area contributed by atoms with Crippen molar-refractivity contribution in [2.75, 3.05) is 4.90 Å². The van der Waals surface area contributed by atoms with Gasteiger partial charge in [0.1, 0.15) is 0 Å². The van der Waals surface area contributed by atoms with E-state index >= 15 is 0 Å². The van der Waals surface area contributed by atoms with Gasteiger partial charge in [-0.25, -0.2) is 4.90 Å². The van der Waals surface area contributed by atoms with Gasteiger partial charge >= 0.3 is 0 Å². The van der Waals surface area contributed by atoms with Crippen molar-refractivity contribution < 1.29 is 9.59 Å². The number of benzene rings is 1. The lowest BCUT2D eigenvalue weighted by molar-refractivity contribution is -0.121. The molecule has 2 aromatic rings. The van der Waals surface area contributed by atoms with Crippen molar-refractivity contribution in [3.05, 3.63) is 59.9 Å². The van der Waals surface area contributed by atoms with E-state index in [0.717, 1.165) is 11.1 Å². The van der Waals surface area contributed by atoms with E-state index in [4.69, 9.17) is 0 Å². The largest absolute Gasteiger partial charge is 0.301 e. The van der Waals surface area contributed by atoms with Crippen molar-refractivity contribution in [3.8, 4) is 0 Å². The molecule has 112 valence electrons. The SMILES string of the molecule is Cc1ccc(N2C(=O)C[C@H](NCc3cccnc3)C2=O)cc1. The highest BCUT2D eigenvalue weighted by molar-refractivity contribution is 6.22. The summed E-state index contributed by atoms with van der Waals surface area (Å²) in [7, 11) is 0. The zero-order chi connectivity index (χ0) is 15.5. The zero-order valence-corrected chi connectivity index (χ0v) is 12.3. The number of pyridine rings is 1. The molecule has 0 bridgehead atoms. The van der Waals surface area contributed by atoms with Gasteiger partial charge < -0.3 is 5.32 Å². The molecule has 2 heterocycles. The molecule has 5 heteroatoms. The average molecular weight is 295 g/mol. The minimum absolute atomic E-state index is 0.169. The van der Waals surface area contributed by atoms with Crippen LogP contribution in [0.1, 0.15) is 17.5 Å². The summed E-state index contributed by atoms with van der Waals surface area (Å²) in [4.78, 5) is 29.9. The third-order valence-electron chi connectivity index (χ3n) is 3.71. The van der Waals surface area contributed by atoms with Gasteiger partial charge in [-0.1, -0.05) is 23.8 Å². The van der Waals surface area contributed by atoms with E-state index in [9.17, 15) is 9.59 Å². The molecule has 1 N–H and O–H groups in total. The monoisotopic (exact) mass is 295 g/mol. The summed E-state index contributed by atoms with van der Waals surface area (Å²) in [6.45, 7) is 2.48. The van der Waals surface area contributed by atoms with Crippen LogP contribution in [0.5, 0.6) is 0 Å². The molecule has 0 spiro atoms. The summed E-state index contributed by atoms with van der Waals surface area (Å²) < 4.78 is 0. The second-order valence-corrected chi connectivity index (χ2v) is 5.40. The maximum Gasteiger partial charge on any atom is 0.251 e. The first-order valence-electron chi connectivity index (χ1n) is 7.21. The molecule has 0 saturated carbocycles. The lowest BCUT2D eigenvalue weighted by Crippen LogP contribution is -2.38. The maximum atomic E-state index is 12.4. The van der Waals surface area contributed by atoms with Gasteiger partial charge in [-0.2, -0.15) is 0 Å². The van der Waals surface area contributed by atoms with Gasteiger partial charge in [-0.05, 0) is 30.7 Å². The highest BCUT2D eigenvalue weighted by atomic mass is 16.2. The summed E-state index contributed by atoms with van der Waals surface area (Å²) in [5.74, 6) is -0.365. The van der Waals surface area contributed by atoms with Crippen molar-refractivity contribution in [1.82, 2.24) is 10.3 Å². The van der Waals surface area contributed by atoms with Crippen LogP contribution in [0.15, 0.2) is 48.8 Å². The Balaban J connectivity index is 1.70. The Bertz CT molecular complexity index is 683. The van der Waals surface area contributed by atoms with Gasteiger partial charge in [0.05, 0.1) is 18.2 Å². The van der Waals surface area contributed by atoms with Crippen molar-refractivity contribution in [3.63, 3.8) is 0 Å². The van der Waals surface area contributed by atoms with Crippen molar-refractivity contribution >= 4 is 17.5 Å². The van der Waals surface area contributed by atoms with Gasteiger partial charge in [0.25, 0.3) is 5.91 Å². The predicted molar refractivity (Wildman–Crippen MR) is 83.2 cm³/mol. The fraction of sp³-hybridized carbons (Fsp3) is 0.235. The molecular weight excluding hydrogens is 278 g/mol. The highest BCUT2D eigenvalue weighted by Gasteiger charge is 2.39. The standard InChI is InChI=1S/C17H17N3O2/c1-12-4-6-14(7-5-12)20-16(21)9-15(17(20)22)19-11-13-3-2-8-18-10-13/h2-8,10,15,19H,9,11H2,1H3/t15-/m0/s1. The Hall–Kier alpha value is -2.53. The van der Waals surface area contributed by atoms with Gasteiger partial charge in [-0.15, -0.1) is 0 Å². The van der Waals surface area contributed by atoms with E-state index in [2.05, 4.69) is 10.3 Å². The summed E-state index contributed by atoms with van der Waals surface area (Å²) >= 11 is 0. The smallest absolute Gasteiger partial charge is 0.251 e. The van der Waals surface area contributed by atoms with E-state index < -0.39 is 6.04 Å². The number of nitrogens with zero attached hydrogens (tertiary/aromatic N) is 2.